The van der Waals surface area contributed by atoms with Crippen LogP contribution in [0.1, 0.15) is 46.1 Å². The number of aryl methyl sites for hydroxylation is 1. The third-order valence-corrected chi connectivity index (χ3v) is 6.55. The van der Waals surface area contributed by atoms with Gasteiger partial charge in [-0.3, -0.25) is 9.59 Å². The number of anilines is 1. The van der Waals surface area contributed by atoms with Gasteiger partial charge in [-0.15, -0.1) is 11.3 Å². The fourth-order valence-corrected chi connectivity index (χ4v) is 4.86. The van der Waals surface area contributed by atoms with E-state index in [9.17, 15) is 14.4 Å². The lowest BCUT2D eigenvalue weighted by molar-refractivity contribution is -0.146. The Balaban J connectivity index is 1.61. The van der Waals surface area contributed by atoms with Crippen LogP contribution in [0, 0.1) is 0 Å². The number of hydrogen-bond donors (Lipinski definition) is 1. The maximum atomic E-state index is 12.4. The first-order valence-electron chi connectivity index (χ1n) is 9.60. The van der Waals surface area contributed by atoms with Crippen LogP contribution in [0.25, 0.3) is 0 Å². The molecule has 0 atom stereocenters. The molecule has 0 saturated carbocycles. The van der Waals surface area contributed by atoms with Crippen molar-refractivity contribution in [1.82, 2.24) is 0 Å². The predicted octanol–water partition coefficient (Wildman–Crippen LogP) is 4.83. The summed E-state index contributed by atoms with van der Waals surface area (Å²) >= 11 is 13.2. The highest BCUT2D eigenvalue weighted by molar-refractivity contribution is 7.17. The van der Waals surface area contributed by atoms with Crippen LogP contribution in [0.3, 0.4) is 0 Å². The molecule has 0 aliphatic heterocycles. The van der Waals surface area contributed by atoms with Crippen LogP contribution in [-0.4, -0.2) is 31.1 Å². The van der Waals surface area contributed by atoms with Gasteiger partial charge in [0.2, 0.25) is 0 Å². The molecule has 0 saturated heterocycles. The Morgan fingerprint density at radius 3 is 2.60 bits per heavy atom. The average molecular weight is 470 g/mol. The van der Waals surface area contributed by atoms with Crippen molar-refractivity contribution in [2.45, 2.75) is 39.0 Å². The van der Waals surface area contributed by atoms with Crippen LogP contribution in [-0.2, 0) is 38.3 Å². The molecule has 9 heteroatoms. The summed E-state index contributed by atoms with van der Waals surface area (Å²) in [6, 6.07) is 4.83. The fraction of sp³-hybridized carbons (Fsp3) is 0.381. The second kappa shape index (κ2) is 10.3. The molecule has 1 amide bonds. The van der Waals surface area contributed by atoms with Crippen molar-refractivity contribution < 1.29 is 23.9 Å². The summed E-state index contributed by atoms with van der Waals surface area (Å²) in [5, 5.41) is 3.89. The van der Waals surface area contributed by atoms with Gasteiger partial charge in [0.25, 0.3) is 5.91 Å². The Labute approximate surface area is 188 Å². The van der Waals surface area contributed by atoms with Crippen molar-refractivity contribution in [2.24, 2.45) is 0 Å². The van der Waals surface area contributed by atoms with Gasteiger partial charge in [-0.25, -0.2) is 4.79 Å². The van der Waals surface area contributed by atoms with Crippen molar-refractivity contribution in [2.75, 3.05) is 18.5 Å². The van der Waals surface area contributed by atoms with E-state index in [0.717, 1.165) is 36.1 Å². The van der Waals surface area contributed by atoms with Gasteiger partial charge in [0.05, 0.1) is 28.6 Å². The number of esters is 2. The second-order valence-electron chi connectivity index (χ2n) is 6.77. The molecular formula is C21H21Cl2NO5S. The SMILES string of the molecule is CCOC(=O)c1c(NC(=O)COC(=O)Cc2ccc(Cl)c(Cl)c2)sc2c1CCCC2. The molecule has 6 nitrogen and oxygen atoms in total. The van der Waals surface area contributed by atoms with Crippen molar-refractivity contribution in [1.29, 1.82) is 0 Å². The van der Waals surface area contributed by atoms with Gasteiger partial charge in [0, 0.05) is 4.88 Å². The number of fused-ring (bicyclic) bond motifs is 1. The van der Waals surface area contributed by atoms with Crippen molar-refractivity contribution in [3.05, 3.63) is 49.8 Å². The first-order valence-corrected chi connectivity index (χ1v) is 11.2. The zero-order valence-corrected chi connectivity index (χ0v) is 18.7. The lowest BCUT2D eigenvalue weighted by atomic mass is 9.95. The van der Waals surface area contributed by atoms with Gasteiger partial charge in [0.15, 0.2) is 6.61 Å². The molecule has 3 rings (SSSR count). The molecule has 160 valence electrons. The standard InChI is InChI=1S/C21H21Cl2NO5S/c1-2-28-21(27)19-13-5-3-4-6-16(13)30-20(19)24-17(25)11-29-18(26)10-12-7-8-14(22)15(23)9-12/h7-9H,2-6,10-11H2,1H3,(H,24,25). The van der Waals surface area contributed by atoms with E-state index in [1.54, 1.807) is 25.1 Å². The quantitative estimate of drug-likeness (QED) is 0.586. The summed E-state index contributed by atoms with van der Waals surface area (Å²) < 4.78 is 10.2. The normalized spacial score (nSPS) is 12.8. The number of carbonyl (C=O) groups is 3. The second-order valence-corrected chi connectivity index (χ2v) is 8.69. The van der Waals surface area contributed by atoms with Crippen LogP contribution >= 0.6 is 34.5 Å². The minimum Gasteiger partial charge on any atom is -0.462 e. The van der Waals surface area contributed by atoms with E-state index in [1.165, 1.54) is 11.3 Å². The van der Waals surface area contributed by atoms with Gasteiger partial charge in [-0.05, 0) is 55.9 Å². The highest BCUT2D eigenvalue weighted by Crippen LogP contribution is 2.38. The largest absolute Gasteiger partial charge is 0.462 e. The number of carbonyl (C=O) groups excluding carboxylic acids is 3. The van der Waals surface area contributed by atoms with Crippen molar-refractivity contribution >= 4 is 57.4 Å². The fourth-order valence-electron chi connectivity index (χ4n) is 3.25. The number of ether oxygens (including phenoxy) is 2. The summed E-state index contributed by atoms with van der Waals surface area (Å²) in [4.78, 5) is 37.9. The Hall–Kier alpha value is -2.09. The van der Waals surface area contributed by atoms with Gasteiger partial charge < -0.3 is 14.8 Å². The molecular weight excluding hydrogens is 449 g/mol. The van der Waals surface area contributed by atoms with E-state index < -0.39 is 24.5 Å². The molecule has 1 heterocycles. The lowest BCUT2D eigenvalue weighted by Gasteiger charge is -2.12. The molecule has 1 aliphatic carbocycles. The van der Waals surface area contributed by atoms with E-state index in [0.29, 0.717) is 26.2 Å². The lowest BCUT2D eigenvalue weighted by Crippen LogP contribution is -2.22. The highest BCUT2D eigenvalue weighted by atomic mass is 35.5. The number of nitrogens with one attached hydrogen (secondary N) is 1. The molecule has 1 aromatic carbocycles. The maximum Gasteiger partial charge on any atom is 0.341 e. The number of hydrogen-bond acceptors (Lipinski definition) is 6. The van der Waals surface area contributed by atoms with Crippen LogP contribution < -0.4 is 5.32 Å². The molecule has 0 spiro atoms. The molecule has 2 aromatic rings. The Morgan fingerprint density at radius 1 is 1.10 bits per heavy atom. The molecule has 1 aliphatic rings. The predicted molar refractivity (Wildman–Crippen MR) is 117 cm³/mol. The number of rotatable bonds is 7. The van der Waals surface area contributed by atoms with E-state index in [-0.39, 0.29) is 13.0 Å². The van der Waals surface area contributed by atoms with E-state index >= 15 is 0 Å². The number of amides is 1. The van der Waals surface area contributed by atoms with E-state index in [4.69, 9.17) is 32.7 Å². The number of benzene rings is 1. The zero-order valence-electron chi connectivity index (χ0n) is 16.4. The molecule has 0 unspecified atom stereocenters. The molecule has 0 radical (unpaired) electrons. The summed E-state index contributed by atoms with van der Waals surface area (Å²) in [6.45, 7) is 1.54. The first kappa shape index (κ1) is 22.6. The minimum atomic E-state index is -0.570. The average Bonchev–Trinajstić information content (AvgIpc) is 3.07. The van der Waals surface area contributed by atoms with E-state index in [2.05, 4.69) is 5.32 Å². The minimum absolute atomic E-state index is 0.0362. The van der Waals surface area contributed by atoms with Crippen LogP contribution in [0.5, 0.6) is 0 Å². The van der Waals surface area contributed by atoms with Crippen molar-refractivity contribution in [3.8, 4) is 0 Å². The zero-order chi connectivity index (χ0) is 21.7. The smallest absolute Gasteiger partial charge is 0.341 e. The maximum absolute atomic E-state index is 12.4. The number of halogens is 2. The summed E-state index contributed by atoms with van der Waals surface area (Å²) in [7, 11) is 0. The van der Waals surface area contributed by atoms with Gasteiger partial charge >= 0.3 is 11.9 Å². The van der Waals surface area contributed by atoms with Crippen molar-refractivity contribution in [3.63, 3.8) is 0 Å². The van der Waals surface area contributed by atoms with Gasteiger partial charge in [-0.1, -0.05) is 29.3 Å². The van der Waals surface area contributed by atoms with Gasteiger partial charge in [-0.2, -0.15) is 0 Å². The Morgan fingerprint density at radius 2 is 1.87 bits per heavy atom. The molecule has 30 heavy (non-hydrogen) atoms. The number of thiophene rings is 1. The third-order valence-electron chi connectivity index (χ3n) is 4.60. The van der Waals surface area contributed by atoms with E-state index in [1.807, 2.05) is 0 Å². The summed E-state index contributed by atoms with van der Waals surface area (Å²) in [6.07, 6.45) is 3.67. The third kappa shape index (κ3) is 5.53. The Bertz CT molecular complexity index is 973. The molecule has 0 bridgehead atoms. The molecule has 1 aromatic heterocycles. The topological polar surface area (TPSA) is 81.7 Å². The summed E-state index contributed by atoms with van der Waals surface area (Å²) in [5.41, 5.74) is 2.01. The first-order chi connectivity index (χ1) is 14.4. The Kier molecular flexibility index (Phi) is 7.75. The monoisotopic (exact) mass is 469 g/mol. The van der Waals surface area contributed by atoms with Crippen LogP contribution in [0.15, 0.2) is 18.2 Å². The highest BCUT2D eigenvalue weighted by Gasteiger charge is 2.27. The van der Waals surface area contributed by atoms with Crippen LogP contribution in [0.2, 0.25) is 10.0 Å². The molecule has 0 fully saturated rings. The van der Waals surface area contributed by atoms with Gasteiger partial charge in [0.1, 0.15) is 5.00 Å². The summed E-state index contributed by atoms with van der Waals surface area (Å²) in [5.74, 6) is -1.52. The van der Waals surface area contributed by atoms with Crippen LogP contribution in [0.4, 0.5) is 5.00 Å². The molecule has 1 N–H and O–H groups in total.